The van der Waals surface area contributed by atoms with Crippen molar-refractivity contribution in [3.05, 3.63) is 53.1 Å². The fraction of sp³-hybridized carbons (Fsp3) is 0.143. The van der Waals surface area contributed by atoms with Gasteiger partial charge in [0.25, 0.3) is 5.91 Å². The van der Waals surface area contributed by atoms with Crippen molar-refractivity contribution in [1.29, 1.82) is 0 Å². The molecule has 0 saturated carbocycles. The number of carbonyl (C=O) groups excluding carboxylic acids is 1. The molecule has 5 heteroatoms. The van der Waals surface area contributed by atoms with E-state index in [9.17, 15) is 9.18 Å². The first-order chi connectivity index (χ1) is 8.97. The van der Waals surface area contributed by atoms with Gasteiger partial charge in [0.1, 0.15) is 5.82 Å². The molecule has 0 aliphatic rings. The number of amides is 1. The third kappa shape index (κ3) is 2.88. The van der Waals surface area contributed by atoms with Gasteiger partial charge in [-0.3, -0.25) is 9.78 Å². The summed E-state index contributed by atoms with van der Waals surface area (Å²) in [6.45, 7) is 3.52. The number of nitrogen functional groups attached to an aromatic ring is 1. The zero-order valence-corrected chi connectivity index (χ0v) is 10.7. The highest BCUT2D eigenvalue weighted by atomic mass is 19.1. The van der Waals surface area contributed by atoms with E-state index in [-0.39, 0.29) is 5.69 Å². The lowest BCUT2D eigenvalue weighted by Crippen LogP contribution is -2.15. The smallest absolute Gasteiger partial charge is 0.257 e. The van der Waals surface area contributed by atoms with Crippen molar-refractivity contribution in [2.24, 2.45) is 0 Å². The van der Waals surface area contributed by atoms with Crippen LogP contribution in [-0.2, 0) is 0 Å². The van der Waals surface area contributed by atoms with Gasteiger partial charge in [0, 0.05) is 0 Å². The number of anilines is 2. The van der Waals surface area contributed by atoms with Crippen LogP contribution in [0.2, 0.25) is 0 Å². The number of aryl methyl sites for hydroxylation is 2. The van der Waals surface area contributed by atoms with Crippen molar-refractivity contribution < 1.29 is 9.18 Å². The van der Waals surface area contributed by atoms with Crippen LogP contribution in [0, 0.1) is 19.7 Å². The number of halogens is 1. The van der Waals surface area contributed by atoms with Gasteiger partial charge in [-0.1, -0.05) is 6.07 Å². The molecule has 0 unspecified atom stereocenters. The van der Waals surface area contributed by atoms with E-state index in [1.807, 2.05) is 6.92 Å². The second-order valence-corrected chi connectivity index (χ2v) is 4.34. The molecular formula is C14H14FN3O. The molecule has 98 valence electrons. The van der Waals surface area contributed by atoms with Gasteiger partial charge in [-0.05, 0) is 37.6 Å². The van der Waals surface area contributed by atoms with Crippen LogP contribution < -0.4 is 11.1 Å². The number of carbonyl (C=O) groups is 1. The second-order valence-electron chi connectivity index (χ2n) is 4.34. The van der Waals surface area contributed by atoms with E-state index in [1.165, 1.54) is 18.3 Å². The van der Waals surface area contributed by atoms with Crippen molar-refractivity contribution >= 4 is 17.3 Å². The van der Waals surface area contributed by atoms with Crippen molar-refractivity contribution in [2.75, 3.05) is 11.1 Å². The van der Waals surface area contributed by atoms with Gasteiger partial charge in [-0.25, -0.2) is 4.39 Å². The maximum Gasteiger partial charge on any atom is 0.257 e. The summed E-state index contributed by atoms with van der Waals surface area (Å²) >= 11 is 0. The number of hydrogen-bond acceptors (Lipinski definition) is 3. The van der Waals surface area contributed by atoms with Gasteiger partial charge in [0.15, 0.2) is 0 Å². The fourth-order valence-electron chi connectivity index (χ4n) is 1.70. The molecule has 2 aromatic rings. The van der Waals surface area contributed by atoms with Gasteiger partial charge in [0.05, 0.1) is 28.8 Å². The summed E-state index contributed by atoms with van der Waals surface area (Å²) in [5.41, 5.74) is 7.87. The Kier molecular flexibility index (Phi) is 3.46. The van der Waals surface area contributed by atoms with Gasteiger partial charge in [-0.2, -0.15) is 0 Å². The Bertz CT molecular complexity index is 641. The van der Waals surface area contributed by atoms with Gasteiger partial charge < -0.3 is 11.1 Å². The Labute approximate surface area is 110 Å². The quantitative estimate of drug-likeness (QED) is 0.871. The van der Waals surface area contributed by atoms with Gasteiger partial charge in [0.2, 0.25) is 0 Å². The Balaban J connectivity index is 2.30. The monoisotopic (exact) mass is 259 g/mol. The van der Waals surface area contributed by atoms with E-state index in [0.29, 0.717) is 16.9 Å². The van der Waals surface area contributed by atoms with Crippen molar-refractivity contribution in [1.82, 2.24) is 4.98 Å². The molecule has 19 heavy (non-hydrogen) atoms. The maximum atomic E-state index is 13.6. The number of nitrogens with one attached hydrogen (secondary N) is 1. The van der Waals surface area contributed by atoms with Crippen LogP contribution in [0.15, 0.2) is 30.5 Å². The topological polar surface area (TPSA) is 68.0 Å². The number of pyridine rings is 1. The second kappa shape index (κ2) is 5.06. The first kappa shape index (κ1) is 13.0. The first-order valence-electron chi connectivity index (χ1n) is 5.77. The third-order valence-electron chi connectivity index (χ3n) is 2.72. The number of nitrogens with two attached hydrogens (primary N) is 1. The molecule has 1 aromatic carbocycles. The SMILES string of the molecule is Cc1ccc(F)c(NC(=O)c2cc(N)cnc2C)c1. The number of rotatable bonds is 2. The predicted molar refractivity (Wildman–Crippen MR) is 72.5 cm³/mol. The fourth-order valence-corrected chi connectivity index (χ4v) is 1.70. The minimum atomic E-state index is -0.478. The molecule has 0 radical (unpaired) electrons. The van der Waals surface area contributed by atoms with Gasteiger partial charge in [-0.15, -0.1) is 0 Å². The lowest BCUT2D eigenvalue weighted by atomic mass is 10.1. The molecule has 0 fully saturated rings. The first-order valence-corrected chi connectivity index (χ1v) is 5.77. The highest BCUT2D eigenvalue weighted by Crippen LogP contribution is 2.18. The summed E-state index contributed by atoms with van der Waals surface area (Å²) in [6.07, 6.45) is 1.47. The number of nitrogens with zero attached hydrogens (tertiary/aromatic N) is 1. The number of hydrogen-bond donors (Lipinski definition) is 2. The average molecular weight is 259 g/mol. The summed E-state index contributed by atoms with van der Waals surface area (Å²) in [5.74, 6) is -0.907. The molecule has 0 atom stereocenters. The van der Waals surface area contributed by atoms with E-state index in [1.54, 1.807) is 19.1 Å². The van der Waals surface area contributed by atoms with Gasteiger partial charge >= 0.3 is 0 Å². The highest BCUT2D eigenvalue weighted by molar-refractivity contribution is 6.05. The lowest BCUT2D eigenvalue weighted by molar-refractivity contribution is 0.102. The van der Waals surface area contributed by atoms with E-state index in [2.05, 4.69) is 10.3 Å². The van der Waals surface area contributed by atoms with Crippen LogP contribution in [-0.4, -0.2) is 10.9 Å². The third-order valence-corrected chi connectivity index (χ3v) is 2.72. The zero-order valence-electron chi connectivity index (χ0n) is 10.7. The van der Waals surface area contributed by atoms with E-state index in [4.69, 9.17) is 5.73 Å². The normalized spacial score (nSPS) is 10.3. The largest absolute Gasteiger partial charge is 0.397 e. The maximum absolute atomic E-state index is 13.6. The van der Waals surface area contributed by atoms with Crippen LogP contribution in [0.4, 0.5) is 15.8 Å². The Hall–Kier alpha value is -2.43. The molecule has 0 aliphatic carbocycles. The Morgan fingerprint density at radius 2 is 2.05 bits per heavy atom. The van der Waals surface area contributed by atoms with E-state index >= 15 is 0 Å². The highest BCUT2D eigenvalue weighted by Gasteiger charge is 2.13. The van der Waals surface area contributed by atoms with Crippen LogP contribution in [0.5, 0.6) is 0 Å². The Morgan fingerprint density at radius 1 is 1.32 bits per heavy atom. The van der Waals surface area contributed by atoms with Crippen molar-refractivity contribution in [3.8, 4) is 0 Å². The molecule has 0 bridgehead atoms. The molecule has 2 rings (SSSR count). The number of benzene rings is 1. The summed E-state index contributed by atoms with van der Waals surface area (Å²) in [5, 5.41) is 2.53. The molecule has 1 heterocycles. The molecule has 0 saturated heterocycles. The minimum absolute atomic E-state index is 0.145. The summed E-state index contributed by atoms with van der Waals surface area (Å²) in [6, 6.07) is 6.04. The summed E-state index contributed by atoms with van der Waals surface area (Å²) in [7, 11) is 0. The molecule has 0 aliphatic heterocycles. The summed E-state index contributed by atoms with van der Waals surface area (Å²) in [4.78, 5) is 16.1. The van der Waals surface area contributed by atoms with Crippen LogP contribution in [0.25, 0.3) is 0 Å². The van der Waals surface area contributed by atoms with Crippen molar-refractivity contribution in [2.45, 2.75) is 13.8 Å². The molecule has 0 spiro atoms. The molecular weight excluding hydrogens is 245 g/mol. The summed E-state index contributed by atoms with van der Waals surface area (Å²) < 4.78 is 13.6. The Morgan fingerprint density at radius 3 is 2.79 bits per heavy atom. The zero-order chi connectivity index (χ0) is 14.0. The molecule has 4 nitrogen and oxygen atoms in total. The van der Waals surface area contributed by atoms with Crippen molar-refractivity contribution in [3.63, 3.8) is 0 Å². The lowest BCUT2D eigenvalue weighted by Gasteiger charge is -2.09. The average Bonchev–Trinajstić information content (AvgIpc) is 2.36. The predicted octanol–water partition coefficient (Wildman–Crippen LogP) is 2.67. The van der Waals surface area contributed by atoms with E-state index in [0.717, 1.165) is 5.56 Å². The number of aromatic nitrogens is 1. The molecule has 1 amide bonds. The van der Waals surface area contributed by atoms with Crippen LogP contribution in [0.3, 0.4) is 0 Å². The van der Waals surface area contributed by atoms with Crippen LogP contribution >= 0.6 is 0 Å². The standard InChI is InChI=1S/C14H14FN3O/c1-8-3-4-12(15)13(5-8)18-14(19)11-6-10(16)7-17-9(11)2/h3-7H,16H2,1-2H3,(H,18,19). The molecule has 3 N–H and O–H groups in total. The minimum Gasteiger partial charge on any atom is -0.397 e. The van der Waals surface area contributed by atoms with E-state index < -0.39 is 11.7 Å². The van der Waals surface area contributed by atoms with Crippen LogP contribution in [0.1, 0.15) is 21.6 Å². The molecule has 1 aromatic heterocycles.